The third kappa shape index (κ3) is 2.06. The van der Waals surface area contributed by atoms with Gasteiger partial charge in [0.15, 0.2) is 0 Å². The van der Waals surface area contributed by atoms with E-state index in [4.69, 9.17) is 0 Å². The SMILES string of the molecule is O=C(NCN1CSc2ccccc21)c1ccn[nH]1. The number of carbonyl (C=O) groups excluding carboxylic acids is 1. The van der Waals surface area contributed by atoms with Gasteiger partial charge in [0.1, 0.15) is 5.69 Å². The summed E-state index contributed by atoms with van der Waals surface area (Å²) in [4.78, 5) is 15.1. The predicted molar refractivity (Wildman–Crippen MR) is 70.6 cm³/mol. The van der Waals surface area contributed by atoms with Gasteiger partial charge in [-0.15, -0.1) is 11.8 Å². The van der Waals surface area contributed by atoms with E-state index in [9.17, 15) is 4.79 Å². The molecule has 0 spiro atoms. The third-order valence-electron chi connectivity index (χ3n) is 2.76. The maximum absolute atomic E-state index is 11.8. The minimum Gasteiger partial charge on any atom is -0.343 e. The van der Waals surface area contributed by atoms with Crippen LogP contribution >= 0.6 is 11.8 Å². The second-order valence-corrected chi connectivity index (χ2v) is 4.90. The van der Waals surface area contributed by atoms with E-state index in [1.165, 1.54) is 10.6 Å². The lowest BCUT2D eigenvalue weighted by molar-refractivity contribution is 0.0949. The minimum absolute atomic E-state index is 0.137. The Labute approximate surface area is 109 Å². The van der Waals surface area contributed by atoms with Crippen LogP contribution in [0.15, 0.2) is 41.4 Å². The first kappa shape index (κ1) is 11.2. The molecule has 0 aliphatic carbocycles. The fourth-order valence-corrected chi connectivity index (χ4v) is 2.88. The van der Waals surface area contributed by atoms with Crippen LogP contribution in [-0.2, 0) is 0 Å². The number of para-hydroxylation sites is 1. The van der Waals surface area contributed by atoms with Crippen LogP contribution in [-0.4, -0.2) is 28.7 Å². The second-order valence-electron chi connectivity index (χ2n) is 3.92. The highest BCUT2D eigenvalue weighted by Gasteiger charge is 2.19. The Kier molecular flexibility index (Phi) is 2.93. The zero-order valence-corrected chi connectivity index (χ0v) is 10.4. The molecule has 3 rings (SSSR count). The number of anilines is 1. The van der Waals surface area contributed by atoms with Gasteiger partial charge in [-0.3, -0.25) is 9.89 Å². The molecular formula is C12H12N4OS. The number of aromatic amines is 1. The smallest absolute Gasteiger partial charge is 0.270 e. The van der Waals surface area contributed by atoms with E-state index >= 15 is 0 Å². The molecule has 0 radical (unpaired) electrons. The van der Waals surface area contributed by atoms with E-state index in [1.54, 1.807) is 24.0 Å². The van der Waals surface area contributed by atoms with Crippen molar-refractivity contribution < 1.29 is 4.79 Å². The molecule has 1 amide bonds. The van der Waals surface area contributed by atoms with Crippen LogP contribution in [0, 0.1) is 0 Å². The van der Waals surface area contributed by atoms with E-state index < -0.39 is 0 Å². The van der Waals surface area contributed by atoms with Gasteiger partial charge in [0, 0.05) is 11.1 Å². The Morgan fingerprint density at radius 1 is 1.44 bits per heavy atom. The summed E-state index contributed by atoms with van der Waals surface area (Å²) in [5.41, 5.74) is 1.66. The summed E-state index contributed by atoms with van der Waals surface area (Å²) >= 11 is 1.78. The van der Waals surface area contributed by atoms with Gasteiger partial charge in [0.25, 0.3) is 5.91 Å². The molecule has 2 heterocycles. The standard InChI is InChI=1S/C12H12N4OS/c17-12(9-5-6-14-15-9)13-7-16-8-18-11-4-2-1-3-10(11)16/h1-6H,7-8H2,(H,13,17)(H,14,15). The van der Waals surface area contributed by atoms with Crippen LogP contribution < -0.4 is 10.2 Å². The molecule has 0 saturated heterocycles. The van der Waals surface area contributed by atoms with Crippen LogP contribution in [0.3, 0.4) is 0 Å². The number of H-pyrrole nitrogens is 1. The van der Waals surface area contributed by atoms with E-state index in [2.05, 4.69) is 32.5 Å². The zero-order valence-electron chi connectivity index (χ0n) is 9.59. The Hall–Kier alpha value is -1.95. The Morgan fingerprint density at radius 3 is 3.17 bits per heavy atom. The molecule has 2 aromatic rings. The van der Waals surface area contributed by atoms with Crippen LogP contribution in [0.4, 0.5) is 5.69 Å². The number of benzene rings is 1. The molecule has 1 aliphatic rings. The van der Waals surface area contributed by atoms with Gasteiger partial charge in [-0.25, -0.2) is 0 Å². The Morgan fingerprint density at radius 2 is 2.33 bits per heavy atom. The van der Waals surface area contributed by atoms with Crippen molar-refractivity contribution in [2.75, 3.05) is 17.4 Å². The average molecular weight is 260 g/mol. The number of carbonyl (C=O) groups is 1. The number of hydrogen-bond acceptors (Lipinski definition) is 4. The minimum atomic E-state index is -0.137. The molecule has 1 aromatic heterocycles. The lowest BCUT2D eigenvalue weighted by Crippen LogP contribution is -2.36. The van der Waals surface area contributed by atoms with Crippen LogP contribution in [0.2, 0.25) is 0 Å². The summed E-state index contributed by atoms with van der Waals surface area (Å²) in [6, 6.07) is 9.85. The molecule has 18 heavy (non-hydrogen) atoms. The number of thioether (sulfide) groups is 1. The quantitative estimate of drug-likeness (QED) is 0.881. The van der Waals surface area contributed by atoms with Gasteiger partial charge in [0.2, 0.25) is 0 Å². The lowest BCUT2D eigenvalue weighted by Gasteiger charge is -2.18. The van der Waals surface area contributed by atoms with E-state index in [1.807, 2.05) is 12.1 Å². The second kappa shape index (κ2) is 4.73. The van der Waals surface area contributed by atoms with E-state index in [0.717, 1.165) is 5.88 Å². The fourth-order valence-electron chi connectivity index (χ4n) is 1.83. The normalized spacial score (nSPS) is 13.4. The predicted octanol–water partition coefficient (Wildman–Crippen LogP) is 1.67. The Balaban J connectivity index is 1.64. The molecule has 6 heteroatoms. The maximum Gasteiger partial charge on any atom is 0.270 e. The highest BCUT2D eigenvalue weighted by molar-refractivity contribution is 7.99. The summed E-state index contributed by atoms with van der Waals surface area (Å²) in [5.74, 6) is 0.727. The summed E-state index contributed by atoms with van der Waals surface area (Å²) in [7, 11) is 0. The highest BCUT2D eigenvalue weighted by Crippen LogP contribution is 2.37. The van der Waals surface area contributed by atoms with Crippen molar-refractivity contribution in [1.29, 1.82) is 0 Å². The molecule has 0 bridgehead atoms. The van der Waals surface area contributed by atoms with Crippen molar-refractivity contribution in [3.63, 3.8) is 0 Å². The molecule has 0 fully saturated rings. The van der Waals surface area contributed by atoms with Gasteiger partial charge in [-0.05, 0) is 18.2 Å². The molecule has 92 valence electrons. The number of amides is 1. The van der Waals surface area contributed by atoms with Gasteiger partial charge in [-0.2, -0.15) is 5.10 Å². The number of fused-ring (bicyclic) bond motifs is 1. The summed E-state index contributed by atoms with van der Waals surface area (Å²) in [6.45, 7) is 0.502. The molecule has 5 nitrogen and oxygen atoms in total. The van der Waals surface area contributed by atoms with Crippen LogP contribution in [0.25, 0.3) is 0 Å². The highest BCUT2D eigenvalue weighted by atomic mass is 32.2. The molecule has 0 saturated carbocycles. The molecule has 1 aliphatic heterocycles. The van der Waals surface area contributed by atoms with Crippen molar-refractivity contribution >= 4 is 23.4 Å². The number of nitrogens with zero attached hydrogens (tertiary/aromatic N) is 2. The molecule has 2 N–H and O–H groups in total. The number of rotatable bonds is 3. The molecular weight excluding hydrogens is 248 g/mol. The van der Waals surface area contributed by atoms with Gasteiger partial charge < -0.3 is 10.2 Å². The van der Waals surface area contributed by atoms with Crippen molar-refractivity contribution in [3.8, 4) is 0 Å². The van der Waals surface area contributed by atoms with Crippen molar-refractivity contribution in [2.24, 2.45) is 0 Å². The molecule has 0 atom stereocenters. The third-order valence-corrected chi connectivity index (χ3v) is 3.85. The van der Waals surface area contributed by atoms with E-state index in [-0.39, 0.29) is 5.91 Å². The van der Waals surface area contributed by atoms with Crippen LogP contribution in [0.5, 0.6) is 0 Å². The summed E-state index contributed by atoms with van der Waals surface area (Å²) in [5, 5.41) is 9.27. The first-order valence-corrected chi connectivity index (χ1v) is 6.57. The zero-order chi connectivity index (χ0) is 12.4. The summed E-state index contributed by atoms with van der Waals surface area (Å²) < 4.78 is 0. The summed E-state index contributed by atoms with van der Waals surface area (Å²) in [6.07, 6.45) is 1.57. The number of hydrogen-bond donors (Lipinski definition) is 2. The van der Waals surface area contributed by atoms with Crippen molar-refractivity contribution in [3.05, 3.63) is 42.2 Å². The monoisotopic (exact) mass is 260 g/mol. The van der Waals surface area contributed by atoms with Gasteiger partial charge in [-0.1, -0.05) is 12.1 Å². The fraction of sp³-hybridized carbons (Fsp3) is 0.167. The van der Waals surface area contributed by atoms with E-state index in [0.29, 0.717) is 12.4 Å². The number of nitrogens with one attached hydrogen (secondary N) is 2. The number of aromatic nitrogens is 2. The van der Waals surface area contributed by atoms with Crippen molar-refractivity contribution in [2.45, 2.75) is 4.90 Å². The first-order chi connectivity index (χ1) is 8.84. The molecule has 1 aromatic carbocycles. The average Bonchev–Trinajstić information content (AvgIpc) is 3.06. The lowest BCUT2D eigenvalue weighted by atomic mass is 10.3. The molecule has 0 unspecified atom stereocenters. The van der Waals surface area contributed by atoms with Crippen LogP contribution in [0.1, 0.15) is 10.5 Å². The largest absolute Gasteiger partial charge is 0.343 e. The van der Waals surface area contributed by atoms with Crippen molar-refractivity contribution in [1.82, 2.24) is 15.5 Å². The maximum atomic E-state index is 11.8. The topological polar surface area (TPSA) is 61.0 Å². The first-order valence-electron chi connectivity index (χ1n) is 5.59. The van der Waals surface area contributed by atoms with Gasteiger partial charge in [0.05, 0.1) is 18.2 Å². The Bertz CT molecular complexity index is 555. The van der Waals surface area contributed by atoms with Gasteiger partial charge >= 0.3 is 0 Å².